The maximum atomic E-state index is 12.0. The Hall–Kier alpha value is -2.46. The minimum atomic E-state index is -0.704. The van der Waals surface area contributed by atoms with Crippen molar-refractivity contribution in [3.63, 3.8) is 0 Å². The number of nitriles is 1. The second-order valence-corrected chi connectivity index (χ2v) is 4.71. The van der Waals surface area contributed by atoms with Gasteiger partial charge in [-0.25, -0.2) is 9.48 Å². The fourth-order valence-electron chi connectivity index (χ4n) is 1.62. The zero-order chi connectivity index (χ0) is 14.5. The van der Waals surface area contributed by atoms with Crippen LogP contribution >= 0.6 is 11.3 Å². The molecule has 0 aromatic carbocycles. The van der Waals surface area contributed by atoms with Crippen molar-refractivity contribution >= 4 is 17.3 Å². The predicted octanol–water partition coefficient (Wildman–Crippen LogP) is 1.67. The fraction of sp³-hybridized carbons (Fsp3) is 0.231. The van der Waals surface area contributed by atoms with Crippen LogP contribution in [0.2, 0.25) is 0 Å². The first-order valence-electron chi connectivity index (χ1n) is 5.87. The van der Waals surface area contributed by atoms with Gasteiger partial charge in [-0.15, -0.1) is 11.3 Å². The third kappa shape index (κ3) is 2.75. The van der Waals surface area contributed by atoms with E-state index in [9.17, 15) is 9.59 Å². The highest BCUT2D eigenvalue weighted by Gasteiger charge is 2.17. The molecule has 102 valence electrons. The Morgan fingerprint density at radius 3 is 3.00 bits per heavy atom. The van der Waals surface area contributed by atoms with E-state index >= 15 is 0 Å². The highest BCUT2D eigenvalue weighted by molar-refractivity contribution is 7.13. The van der Waals surface area contributed by atoms with E-state index in [1.165, 1.54) is 17.4 Å². The number of esters is 1. The van der Waals surface area contributed by atoms with Gasteiger partial charge in [0.2, 0.25) is 0 Å². The smallest absolute Gasteiger partial charge is 0.343 e. The molecule has 0 radical (unpaired) electrons. The largest absolute Gasteiger partial charge is 0.462 e. The van der Waals surface area contributed by atoms with Crippen LogP contribution in [0.1, 0.15) is 17.3 Å². The molecule has 0 saturated heterocycles. The van der Waals surface area contributed by atoms with E-state index in [1.54, 1.807) is 6.92 Å². The molecule has 0 fully saturated rings. The molecule has 0 amide bonds. The van der Waals surface area contributed by atoms with E-state index in [1.807, 2.05) is 23.6 Å². The molecule has 0 atom stereocenters. The summed E-state index contributed by atoms with van der Waals surface area (Å²) in [6, 6.07) is 6.91. The summed E-state index contributed by atoms with van der Waals surface area (Å²) in [4.78, 5) is 24.7. The summed E-state index contributed by atoms with van der Waals surface area (Å²) >= 11 is 1.43. The second kappa shape index (κ2) is 6.12. The Bertz CT molecular complexity index is 713. The molecule has 0 aliphatic rings. The van der Waals surface area contributed by atoms with Gasteiger partial charge < -0.3 is 4.74 Å². The van der Waals surface area contributed by atoms with Crippen molar-refractivity contribution < 1.29 is 9.53 Å². The lowest BCUT2D eigenvalue weighted by Crippen LogP contribution is -2.29. The number of rotatable bonds is 4. The summed E-state index contributed by atoms with van der Waals surface area (Å²) in [7, 11) is 0. The summed E-state index contributed by atoms with van der Waals surface area (Å²) in [5.41, 5.74) is -0.260. The van der Waals surface area contributed by atoms with Gasteiger partial charge >= 0.3 is 5.97 Å². The lowest BCUT2D eigenvalue weighted by atomic mass is 10.2. The molecule has 6 nitrogen and oxygen atoms in total. The number of hydrogen-bond acceptors (Lipinski definition) is 6. The molecular weight excluding hydrogens is 278 g/mol. The van der Waals surface area contributed by atoms with Crippen LogP contribution in [0.4, 0.5) is 0 Å². The lowest BCUT2D eigenvalue weighted by molar-refractivity contribution is 0.0523. The first kappa shape index (κ1) is 14.0. The van der Waals surface area contributed by atoms with Gasteiger partial charge in [-0.05, 0) is 24.4 Å². The van der Waals surface area contributed by atoms with Crippen molar-refractivity contribution in [2.75, 3.05) is 6.61 Å². The number of thiophene rings is 1. The Balaban J connectivity index is 2.58. The van der Waals surface area contributed by atoms with Gasteiger partial charge in [0.1, 0.15) is 17.8 Å². The van der Waals surface area contributed by atoms with Gasteiger partial charge in [0.05, 0.1) is 17.6 Å². The second-order valence-electron chi connectivity index (χ2n) is 3.76. The molecule has 0 N–H and O–H groups in total. The van der Waals surface area contributed by atoms with Gasteiger partial charge in [-0.1, -0.05) is 6.07 Å². The van der Waals surface area contributed by atoms with Crippen LogP contribution < -0.4 is 5.56 Å². The molecule has 7 heteroatoms. The molecule has 0 bridgehead atoms. The van der Waals surface area contributed by atoms with Crippen LogP contribution in [0.3, 0.4) is 0 Å². The Morgan fingerprint density at radius 2 is 2.40 bits per heavy atom. The van der Waals surface area contributed by atoms with Crippen molar-refractivity contribution in [1.82, 2.24) is 9.78 Å². The van der Waals surface area contributed by atoms with E-state index in [2.05, 4.69) is 5.10 Å². The Kier molecular flexibility index (Phi) is 4.27. The van der Waals surface area contributed by atoms with Crippen LogP contribution in [-0.4, -0.2) is 22.4 Å². The Morgan fingerprint density at radius 1 is 1.60 bits per heavy atom. The third-order valence-corrected chi connectivity index (χ3v) is 3.36. The van der Waals surface area contributed by atoms with Gasteiger partial charge in [0.25, 0.3) is 5.56 Å². The number of nitrogens with zero attached hydrogens (tertiary/aromatic N) is 3. The standard InChI is InChI=1S/C13H11N3O3S/c1-2-19-13(18)9-8-10(11-4-3-7-20-11)15-16(6-5-14)12(9)17/h3-4,7-8H,2,6H2,1H3. The number of ether oxygens (including phenoxy) is 1. The quantitative estimate of drug-likeness (QED) is 0.799. The molecule has 2 heterocycles. The van der Waals surface area contributed by atoms with Crippen LogP contribution in [0, 0.1) is 11.3 Å². The molecule has 2 rings (SSSR count). The normalized spacial score (nSPS) is 10.0. The summed E-state index contributed by atoms with van der Waals surface area (Å²) in [5, 5.41) is 14.7. The molecule has 2 aromatic heterocycles. The highest BCUT2D eigenvalue weighted by Crippen LogP contribution is 2.22. The maximum absolute atomic E-state index is 12.0. The number of carbonyl (C=O) groups excluding carboxylic acids is 1. The van der Waals surface area contributed by atoms with Crippen LogP contribution in [0.5, 0.6) is 0 Å². The number of hydrogen-bond donors (Lipinski definition) is 0. The highest BCUT2D eigenvalue weighted by atomic mass is 32.1. The van der Waals surface area contributed by atoms with E-state index in [0.29, 0.717) is 5.69 Å². The molecule has 0 aliphatic heterocycles. The van der Waals surface area contributed by atoms with E-state index in [-0.39, 0.29) is 18.7 Å². The monoisotopic (exact) mass is 289 g/mol. The summed E-state index contributed by atoms with van der Waals surface area (Å²) in [5.74, 6) is -0.704. The number of aromatic nitrogens is 2. The van der Waals surface area contributed by atoms with Gasteiger partial charge in [0, 0.05) is 0 Å². The minimum absolute atomic E-state index is 0.111. The SMILES string of the molecule is CCOC(=O)c1cc(-c2cccs2)nn(CC#N)c1=O. The van der Waals surface area contributed by atoms with E-state index in [4.69, 9.17) is 10.00 Å². The Labute approximate surface area is 118 Å². The molecule has 0 saturated carbocycles. The van der Waals surface area contributed by atoms with Crippen molar-refractivity contribution in [3.8, 4) is 16.6 Å². The molecule has 0 spiro atoms. The van der Waals surface area contributed by atoms with Crippen LogP contribution in [0.25, 0.3) is 10.6 Å². The van der Waals surface area contributed by atoms with Crippen molar-refractivity contribution in [2.45, 2.75) is 13.5 Å². The summed E-state index contributed by atoms with van der Waals surface area (Å²) in [6.45, 7) is 1.62. The van der Waals surface area contributed by atoms with Crippen molar-refractivity contribution in [3.05, 3.63) is 39.5 Å². The maximum Gasteiger partial charge on any atom is 0.343 e. The average Bonchev–Trinajstić information content (AvgIpc) is 2.95. The van der Waals surface area contributed by atoms with E-state index in [0.717, 1.165) is 9.56 Å². The molecule has 0 aliphatic carbocycles. The lowest BCUT2D eigenvalue weighted by Gasteiger charge is -2.06. The summed E-state index contributed by atoms with van der Waals surface area (Å²) in [6.07, 6.45) is 0. The zero-order valence-electron chi connectivity index (χ0n) is 10.7. The van der Waals surface area contributed by atoms with Gasteiger partial charge in [-0.3, -0.25) is 4.79 Å². The zero-order valence-corrected chi connectivity index (χ0v) is 11.5. The molecular formula is C13H11N3O3S. The first-order valence-corrected chi connectivity index (χ1v) is 6.75. The topological polar surface area (TPSA) is 85.0 Å². The first-order chi connectivity index (χ1) is 9.67. The van der Waals surface area contributed by atoms with Crippen molar-refractivity contribution in [1.29, 1.82) is 5.26 Å². The van der Waals surface area contributed by atoms with Gasteiger partial charge in [-0.2, -0.15) is 10.4 Å². The van der Waals surface area contributed by atoms with E-state index < -0.39 is 11.5 Å². The molecule has 2 aromatic rings. The fourth-order valence-corrected chi connectivity index (χ4v) is 2.30. The van der Waals surface area contributed by atoms with Crippen LogP contribution in [-0.2, 0) is 11.3 Å². The molecule has 20 heavy (non-hydrogen) atoms. The van der Waals surface area contributed by atoms with Crippen molar-refractivity contribution in [2.24, 2.45) is 0 Å². The predicted molar refractivity (Wildman–Crippen MR) is 73.4 cm³/mol. The van der Waals surface area contributed by atoms with Crippen LogP contribution in [0.15, 0.2) is 28.4 Å². The summed E-state index contributed by atoms with van der Waals surface area (Å²) < 4.78 is 5.83. The third-order valence-electron chi connectivity index (χ3n) is 2.46. The number of carbonyl (C=O) groups is 1. The minimum Gasteiger partial charge on any atom is -0.462 e. The molecule has 0 unspecified atom stereocenters. The van der Waals surface area contributed by atoms with Gasteiger partial charge in [0.15, 0.2) is 0 Å². The average molecular weight is 289 g/mol.